The smallest absolute Gasteiger partial charge is 0.127 e. The topological polar surface area (TPSA) is 47.7 Å². The van der Waals surface area contributed by atoms with E-state index in [2.05, 4.69) is 17.9 Å². The Kier molecular flexibility index (Phi) is 5.57. The fraction of sp³-hybridized carbons (Fsp3) is 0.600. The van der Waals surface area contributed by atoms with Crippen LogP contribution < -0.4 is 15.2 Å². The number of hydrogen-bond donors (Lipinski definition) is 1. The van der Waals surface area contributed by atoms with Gasteiger partial charge in [0.1, 0.15) is 11.5 Å². The normalized spacial score (nSPS) is 21.5. The van der Waals surface area contributed by atoms with Crippen LogP contribution in [0, 0.1) is 0 Å². The molecule has 0 radical (unpaired) electrons. The van der Waals surface area contributed by atoms with Gasteiger partial charge in [-0.25, -0.2) is 0 Å². The summed E-state index contributed by atoms with van der Waals surface area (Å²) in [6, 6.07) is 6.18. The molecule has 0 amide bonds. The van der Waals surface area contributed by atoms with Gasteiger partial charge in [0.05, 0.1) is 20.3 Å². The van der Waals surface area contributed by atoms with Crippen LogP contribution in [0.25, 0.3) is 0 Å². The van der Waals surface area contributed by atoms with Crippen LogP contribution in [0.4, 0.5) is 0 Å². The molecule has 112 valence electrons. The largest absolute Gasteiger partial charge is 0.497 e. The van der Waals surface area contributed by atoms with Gasteiger partial charge < -0.3 is 15.2 Å². The Hall–Kier alpha value is -0.910. The fourth-order valence-corrected chi connectivity index (χ4v) is 3.73. The van der Waals surface area contributed by atoms with Gasteiger partial charge >= 0.3 is 0 Å². The number of nitrogens with two attached hydrogens (primary N) is 1. The van der Waals surface area contributed by atoms with Crippen LogP contribution in [-0.2, 0) is 0 Å². The number of methoxy groups -OCH3 is 2. The lowest BCUT2D eigenvalue weighted by atomic mass is 10.0. The van der Waals surface area contributed by atoms with E-state index < -0.39 is 0 Å². The monoisotopic (exact) mass is 296 g/mol. The molecule has 1 aromatic carbocycles. The molecule has 1 fully saturated rings. The Morgan fingerprint density at radius 2 is 2.20 bits per heavy atom. The van der Waals surface area contributed by atoms with Crippen LogP contribution >= 0.6 is 11.8 Å². The summed E-state index contributed by atoms with van der Waals surface area (Å²) in [4.78, 5) is 2.46. The average Bonchev–Trinajstić information content (AvgIpc) is 2.48. The average molecular weight is 296 g/mol. The molecule has 1 aliphatic rings. The van der Waals surface area contributed by atoms with E-state index in [1.54, 1.807) is 14.2 Å². The summed E-state index contributed by atoms with van der Waals surface area (Å²) >= 11 is 2.03. The van der Waals surface area contributed by atoms with E-state index in [1.807, 2.05) is 23.9 Å². The molecule has 20 heavy (non-hydrogen) atoms. The molecule has 1 aromatic rings. The van der Waals surface area contributed by atoms with Gasteiger partial charge in [-0.3, -0.25) is 4.90 Å². The summed E-state index contributed by atoms with van der Waals surface area (Å²) in [5.41, 5.74) is 7.19. The van der Waals surface area contributed by atoms with E-state index in [1.165, 1.54) is 0 Å². The second kappa shape index (κ2) is 7.20. The number of hydrogen-bond acceptors (Lipinski definition) is 5. The van der Waals surface area contributed by atoms with Gasteiger partial charge in [0, 0.05) is 42.3 Å². The van der Waals surface area contributed by atoms with E-state index in [0.29, 0.717) is 11.8 Å². The van der Waals surface area contributed by atoms with E-state index in [9.17, 15) is 0 Å². The summed E-state index contributed by atoms with van der Waals surface area (Å²) in [5.74, 6) is 2.82. The maximum Gasteiger partial charge on any atom is 0.127 e. The number of nitrogens with zero attached hydrogens (tertiary/aromatic N) is 1. The Morgan fingerprint density at radius 1 is 1.40 bits per heavy atom. The maximum absolute atomic E-state index is 6.04. The molecular formula is C15H24N2O2S. The summed E-state index contributed by atoms with van der Waals surface area (Å²) < 4.78 is 10.8. The molecule has 1 heterocycles. The molecule has 0 bridgehead atoms. The standard InChI is InChI=1S/C15H24N2O2S/c1-11-10-17(6-7-20-11)14(9-16)13-5-4-12(18-2)8-15(13)19-3/h4-5,8,11,14H,6-7,9-10,16H2,1-3H3. The third-order valence-electron chi connectivity index (χ3n) is 3.74. The molecule has 0 aliphatic carbocycles. The van der Waals surface area contributed by atoms with Gasteiger partial charge in [0.15, 0.2) is 0 Å². The first kappa shape index (κ1) is 15.5. The molecule has 1 saturated heterocycles. The van der Waals surface area contributed by atoms with E-state index in [4.69, 9.17) is 15.2 Å². The molecule has 1 aliphatic heterocycles. The lowest BCUT2D eigenvalue weighted by Crippen LogP contribution is -2.42. The zero-order valence-corrected chi connectivity index (χ0v) is 13.3. The van der Waals surface area contributed by atoms with Gasteiger partial charge in [-0.15, -0.1) is 0 Å². The van der Waals surface area contributed by atoms with Crippen molar-refractivity contribution in [2.24, 2.45) is 5.73 Å². The summed E-state index contributed by atoms with van der Waals surface area (Å²) in [6.07, 6.45) is 0. The van der Waals surface area contributed by atoms with Crippen molar-refractivity contribution in [2.45, 2.75) is 18.2 Å². The second-order valence-corrected chi connectivity index (χ2v) is 6.58. The van der Waals surface area contributed by atoms with Crippen molar-refractivity contribution in [3.05, 3.63) is 23.8 Å². The van der Waals surface area contributed by atoms with E-state index >= 15 is 0 Å². The molecular weight excluding hydrogens is 272 g/mol. The predicted octanol–water partition coefficient (Wildman–Crippen LogP) is 2.14. The van der Waals surface area contributed by atoms with Crippen LogP contribution in [-0.4, -0.2) is 49.8 Å². The maximum atomic E-state index is 6.04. The lowest BCUT2D eigenvalue weighted by Gasteiger charge is -2.37. The molecule has 5 heteroatoms. The van der Waals surface area contributed by atoms with Crippen molar-refractivity contribution in [2.75, 3.05) is 39.6 Å². The van der Waals surface area contributed by atoms with Crippen LogP contribution in [0.5, 0.6) is 11.5 Å². The van der Waals surface area contributed by atoms with E-state index in [-0.39, 0.29) is 6.04 Å². The first-order valence-corrected chi connectivity index (χ1v) is 8.02. The summed E-state index contributed by atoms with van der Waals surface area (Å²) in [5, 5.41) is 0.655. The Bertz CT molecular complexity index is 442. The highest BCUT2D eigenvalue weighted by Crippen LogP contribution is 2.34. The van der Waals surface area contributed by atoms with Gasteiger partial charge in [0.2, 0.25) is 0 Å². The van der Waals surface area contributed by atoms with Crippen molar-refractivity contribution in [1.82, 2.24) is 4.90 Å². The Morgan fingerprint density at radius 3 is 2.80 bits per heavy atom. The molecule has 0 saturated carbocycles. The number of benzene rings is 1. The van der Waals surface area contributed by atoms with Crippen molar-refractivity contribution in [1.29, 1.82) is 0 Å². The predicted molar refractivity (Wildman–Crippen MR) is 84.8 cm³/mol. The van der Waals surface area contributed by atoms with Crippen molar-refractivity contribution in [3.8, 4) is 11.5 Å². The highest BCUT2D eigenvalue weighted by atomic mass is 32.2. The quantitative estimate of drug-likeness (QED) is 0.902. The molecule has 2 atom stereocenters. The second-order valence-electron chi connectivity index (χ2n) is 5.04. The highest BCUT2D eigenvalue weighted by Gasteiger charge is 2.26. The van der Waals surface area contributed by atoms with Gasteiger partial charge in [-0.2, -0.15) is 11.8 Å². The van der Waals surface area contributed by atoms with Crippen LogP contribution in [0.2, 0.25) is 0 Å². The van der Waals surface area contributed by atoms with Gasteiger partial charge in [-0.1, -0.05) is 13.0 Å². The minimum atomic E-state index is 0.208. The third kappa shape index (κ3) is 3.40. The van der Waals surface area contributed by atoms with Gasteiger partial charge in [0.25, 0.3) is 0 Å². The number of rotatable bonds is 5. The zero-order chi connectivity index (χ0) is 14.5. The summed E-state index contributed by atoms with van der Waals surface area (Å²) in [7, 11) is 3.36. The molecule has 0 aromatic heterocycles. The zero-order valence-electron chi connectivity index (χ0n) is 12.5. The van der Waals surface area contributed by atoms with Crippen LogP contribution in [0.1, 0.15) is 18.5 Å². The molecule has 2 unspecified atom stereocenters. The van der Waals surface area contributed by atoms with Crippen molar-refractivity contribution < 1.29 is 9.47 Å². The van der Waals surface area contributed by atoms with Gasteiger partial charge in [-0.05, 0) is 6.07 Å². The van der Waals surface area contributed by atoms with Crippen LogP contribution in [0.3, 0.4) is 0 Å². The SMILES string of the molecule is COc1ccc(C(CN)N2CCSC(C)C2)c(OC)c1. The first-order chi connectivity index (χ1) is 9.69. The molecule has 0 spiro atoms. The third-order valence-corrected chi connectivity index (χ3v) is 4.87. The van der Waals surface area contributed by atoms with Crippen LogP contribution in [0.15, 0.2) is 18.2 Å². The first-order valence-electron chi connectivity index (χ1n) is 6.97. The Labute approximate surface area is 125 Å². The van der Waals surface area contributed by atoms with Crippen molar-refractivity contribution >= 4 is 11.8 Å². The minimum absolute atomic E-state index is 0.208. The molecule has 2 rings (SSSR count). The molecule has 2 N–H and O–H groups in total. The van der Waals surface area contributed by atoms with Crippen molar-refractivity contribution in [3.63, 3.8) is 0 Å². The lowest BCUT2D eigenvalue weighted by molar-refractivity contribution is 0.207. The van der Waals surface area contributed by atoms with E-state index in [0.717, 1.165) is 35.9 Å². The highest BCUT2D eigenvalue weighted by molar-refractivity contribution is 7.99. The minimum Gasteiger partial charge on any atom is -0.497 e. The summed E-state index contributed by atoms with van der Waals surface area (Å²) in [6.45, 7) is 5.02. The molecule has 4 nitrogen and oxygen atoms in total. The number of ether oxygens (including phenoxy) is 2. The fourth-order valence-electron chi connectivity index (χ4n) is 2.69. The number of thioether (sulfide) groups is 1. The Balaban J connectivity index is 2.26.